The van der Waals surface area contributed by atoms with Gasteiger partial charge < -0.3 is 8.33 Å². The van der Waals surface area contributed by atoms with Gasteiger partial charge in [0, 0.05) is 55.2 Å². The SMILES string of the molecule is O.[Ba+2].[Cu].[Dy].[H-].[H-]. The van der Waals surface area contributed by atoms with Crippen molar-refractivity contribution in [2.45, 2.75) is 0 Å². The van der Waals surface area contributed by atoms with E-state index in [1.807, 2.05) is 0 Å². The zero-order valence-corrected chi connectivity index (χ0v) is 9.24. The standard InChI is InChI=1S/Ba.Cu.Dy.H2O.2H/h;;;1H2;;/q+2;;;;2*-1. The molecule has 0 bridgehead atoms. The average molecular weight is 383 g/mol. The Balaban J connectivity index is 0. The van der Waals surface area contributed by atoms with Gasteiger partial charge in [-0.3, -0.25) is 0 Å². The normalized spacial score (nSPS) is 0. The maximum Gasteiger partial charge on any atom is 2.00 e. The molecule has 4 heteroatoms. The smallest absolute Gasteiger partial charge is 1.00 e. The minimum Gasteiger partial charge on any atom is -1.00 e. The van der Waals surface area contributed by atoms with Gasteiger partial charge in [-0.05, 0) is 0 Å². The molecule has 1 radical (unpaired) electrons. The second kappa shape index (κ2) is 16.2. The summed E-state index contributed by atoms with van der Waals surface area (Å²) in [7, 11) is 0. The van der Waals surface area contributed by atoms with Gasteiger partial charge in [-0.2, -0.15) is 0 Å². The van der Waals surface area contributed by atoms with Crippen LogP contribution < -0.4 is 0 Å². The van der Waals surface area contributed by atoms with E-state index in [0.29, 0.717) is 0 Å². The van der Waals surface area contributed by atoms with E-state index < -0.39 is 0 Å². The summed E-state index contributed by atoms with van der Waals surface area (Å²) in [6.45, 7) is 0. The molecule has 0 saturated heterocycles. The summed E-state index contributed by atoms with van der Waals surface area (Å²) in [6, 6.07) is 0. The molecule has 0 saturated carbocycles. The molecular formula is H4BaCuDyO. The Morgan fingerprint density at radius 2 is 1.25 bits per heavy atom. The molecule has 0 atom stereocenters. The van der Waals surface area contributed by atoms with Crippen molar-refractivity contribution >= 4 is 48.9 Å². The quantitative estimate of drug-likeness (QED) is 0.482. The van der Waals surface area contributed by atoms with Crippen LogP contribution in [0.3, 0.4) is 0 Å². The first-order valence-electron chi connectivity index (χ1n) is 0. The van der Waals surface area contributed by atoms with Gasteiger partial charge in [0.1, 0.15) is 0 Å². The Bertz CT molecular complexity index is 13.5. The first-order valence-corrected chi connectivity index (χ1v) is 0. The fraction of sp³-hybridized carbons (Fsp3) is 0. The average Bonchev–Trinajstić information content (AvgIpc) is 0. The topological polar surface area (TPSA) is 31.5 Å². The first-order chi connectivity index (χ1) is 0. The van der Waals surface area contributed by atoms with E-state index in [4.69, 9.17) is 0 Å². The van der Waals surface area contributed by atoms with Crippen LogP contribution in [0.2, 0.25) is 0 Å². The van der Waals surface area contributed by atoms with E-state index >= 15 is 0 Å². The Kier molecular flexibility index (Phi) is 108. The molecule has 2 N–H and O–H groups in total. The van der Waals surface area contributed by atoms with Gasteiger partial charge in [-0.25, -0.2) is 0 Å². The second-order valence-electron chi connectivity index (χ2n) is 0. The molecule has 0 heterocycles. The molecule has 0 aliphatic heterocycles. The van der Waals surface area contributed by atoms with Crippen LogP contribution in [0.15, 0.2) is 0 Å². The molecule has 0 unspecified atom stereocenters. The van der Waals surface area contributed by atoms with Crippen LogP contribution in [0.25, 0.3) is 0 Å². The van der Waals surface area contributed by atoms with Gasteiger partial charge in [-0.15, -0.1) is 0 Å². The van der Waals surface area contributed by atoms with Crippen molar-refractivity contribution < 1.29 is 63.6 Å². The predicted molar refractivity (Wildman–Crippen MR) is 11.6 cm³/mol. The molecule has 0 aromatic heterocycles. The van der Waals surface area contributed by atoms with E-state index in [1.165, 1.54) is 0 Å². The maximum absolute atomic E-state index is 0. The molecule has 0 aromatic rings. The van der Waals surface area contributed by atoms with Gasteiger partial charge in [0.15, 0.2) is 0 Å². The fourth-order valence-electron chi connectivity index (χ4n) is 0. The zero-order chi connectivity index (χ0) is 0. The molecule has 0 rings (SSSR count). The van der Waals surface area contributed by atoms with Gasteiger partial charge in [0.05, 0.1) is 0 Å². The largest absolute Gasteiger partial charge is 2.00 e. The van der Waals surface area contributed by atoms with Gasteiger partial charge in [0.2, 0.25) is 0 Å². The summed E-state index contributed by atoms with van der Waals surface area (Å²) in [4.78, 5) is 0. The van der Waals surface area contributed by atoms with Crippen molar-refractivity contribution in [3.8, 4) is 0 Å². The molecule has 1 nitrogen and oxygen atoms in total. The summed E-state index contributed by atoms with van der Waals surface area (Å²) in [5, 5.41) is 0. The number of hydrogen-bond acceptors (Lipinski definition) is 0. The van der Waals surface area contributed by atoms with Crippen LogP contribution in [-0.2, 0) is 17.1 Å². The predicted octanol–water partition coefficient (Wildman–Crippen LogP) is -0.983. The third-order valence-corrected chi connectivity index (χ3v) is 0. The summed E-state index contributed by atoms with van der Waals surface area (Å²) in [5.74, 6) is 0. The molecule has 4 heavy (non-hydrogen) atoms. The molecule has 0 aliphatic rings. The number of hydrogen-bond donors (Lipinski definition) is 0. The Morgan fingerprint density at radius 1 is 1.25 bits per heavy atom. The van der Waals surface area contributed by atoms with Crippen molar-refractivity contribution in [1.29, 1.82) is 0 Å². The molecule has 0 aliphatic carbocycles. The molecule has 0 amide bonds. The summed E-state index contributed by atoms with van der Waals surface area (Å²) in [6.07, 6.45) is 0. The summed E-state index contributed by atoms with van der Waals surface area (Å²) >= 11 is 0. The molecule has 0 fully saturated rings. The second-order valence-corrected chi connectivity index (χ2v) is 0. The molecule has 33 valence electrons. The van der Waals surface area contributed by atoms with Crippen molar-refractivity contribution in [1.82, 2.24) is 0 Å². The van der Waals surface area contributed by atoms with Crippen molar-refractivity contribution in [2.75, 3.05) is 0 Å². The molecule has 0 spiro atoms. The van der Waals surface area contributed by atoms with Crippen molar-refractivity contribution in [3.63, 3.8) is 0 Å². The Labute approximate surface area is 110 Å². The zero-order valence-electron chi connectivity index (χ0n) is 3.82. The van der Waals surface area contributed by atoms with Gasteiger partial charge >= 0.3 is 48.9 Å². The number of rotatable bonds is 0. The van der Waals surface area contributed by atoms with Crippen LogP contribution >= 0.6 is 0 Å². The van der Waals surface area contributed by atoms with Crippen molar-refractivity contribution in [2.24, 2.45) is 0 Å². The van der Waals surface area contributed by atoms with Gasteiger partial charge in [-0.1, -0.05) is 0 Å². The first kappa shape index (κ1) is 26.5. The van der Waals surface area contributed by atoms with Gasteiger partial charge in [0.25, 0.3) is 0 Å². The fourth-order valence-corrected chi connectivity index (χ4v) is 0. The van der Waals surface area contributed by atoms with E-state index in [0.717, 1.165) is 0 Å². The summed E-state index contributed by atoms with van der Waals surface area (Å²) in [5.41, 5.74) is 0. The van der Waals surface area contributed by atoms with Crippen LogP contribution in [0.1, 0.15) is 2.85 Å². The van der Waals surface area contributed by atoms with Crippen LogP contribution in [-0.4, -0.2) is 54.4 Å². The Hall–Kier alpha value is 3.32. The minimum atomic E-state index is 0. The summed E-state index contributed by atoms with van der Waals surface area (Å²) < 4.78 is 0. The minimum absolute atomic E-state index is 0. The van der Waals surface area contributed by atoms with E-state index in [1.54, 1.807) is 0 Å². The monoisotopic (exact) mass is 385 g/mol. The third-order valence-electron chi connectivity index (χ3n) is 0. The van der Waals surface area contributed by atoms with Crippen LogP contribution in [0, 0.1) is 38.2 Å². The Morgan fingerprint density at radius 3 is 1.25 bits per heavy atom. The van der Waals surface area contributed by atoms with Crippen LogP contribution in [0.4, 0.5) is 0 Å². The van der Waals surface area contributed by atoms with Crippen LogP contribution in [0.5, 0.6) is 0 Å². The maximum atomic E-state index is 0. The van der Waals surface area contributed by atoms with Crippen molar-refractivity contribution in [3.05, 3.63) is 0 Å². The van der Waals surface area contributed by atoms with E-state index in [9.17, 15) is 0 Å². The molecular weight excluding hydrogens is 379 g/mol. The molecule has 0 aromatic carbocycles. The van der Waals surface area contributed by atoms with E-state index in [2.05, 4.69) is 0 Å². The van der Waals surface area contributed by atoms with E-state index in [-0.39, 0.29) is 112 Å². The third kappa shape index (κ3) is 9.01.